The van der Waals surface area contributed by atoms with E-state index in [0.717, 1.165) is 22.7 Å². The van der Waals surface area contributed by atoms with E-state index in [9.17, 15) is 0 Å². The fourth-order valence-corrected chi connectivity index (χ4v) is 7.97. The molecule has 0 aliphatic heterocycles. The van der Waals surface area contributed by atoms with Crippen molar-refractivity contribution < 1.29 is 35.8 Å². The van der Waals surface area contributed by atoms with Crippen LogP contribution in [0.1, 0.15) is 38.9 Å². The van der Waals surface area contributed by atoms with E-state index >= 15 is 26.3 Å². The van der Waals surface area contributed by atoms with Crippen LogP contribution in [0, 0.1) is 40.2 Å². The molecule has 2 aromatic heterocycles. The predicted octanol–water partition coefficient (Wildman–Crippen LogP) is 10.6. The number of allylic oxidation sites excluding steroid dienone is 2. The third kappa shape index (κ3) is 4.64. The number of rotatable bonds is 7. The lowest BCUT2D eigenvalue weighted by molar-refractivity contribution is -0.254. The third-order valence-electron chi connectivity index (χ3n) is 7.74. The lowest BCUT2D eigenvalue weighted by Gasteiger charge is -2.25. The molecule has 0 saturated carbocycles. The molecule has 1 aliphatic rings. The number of hydrogen-bond donors (Lipinski definition) is 0. The van der Waals surface area contributed by atoms with Gasteiger partial charge in [0.1, 0.15) is 17.6 Å². The summed E-state index contributed by atoms with van der Waals surface area (Å²) in [6, 6.07) is 13.3. The number of benzene rings is 2. The maximum atomic E-state index is 15.7. The lowest BCUT2D eigenvalue weighted by atomic mass is 9.97. The molecule has 43 heavy (non-hydrogen) atoms. The predicted molar refractivity (Wildman–Crippen MR) is 161 cm³/mol. The first-order valence-corrected chi connectivity index (χ1v) is 14.9. The number of thiophene rings is 2. The van der Waals surface area contributed by atoms with Crippen molar-refractivity contribution in [1.82, 2.24) is 0 Å². The van der Waals surface area contributed by atoms with Crippen LogP contribution in [-0.4, -0.2) is 24.4 Å². The van der Waals surface area contributed by atoms with Crippen molar-refractivity contribution in [1.29, 1.82) is 0 Å². The molecule has 4 aromatic rings. The Balaban J connectivity index is 1.74. The van der Waals surface area contributed by atoms with Crippen LogP contribution in [0.2, 0.25) is 0 Å². The molecule has 0 atom stereocenters. The number of ether oxygens (including phenoxy) is 2. The van der Waals surface area contributed by atoms with Gasteiger partial charge in [0.05, 0.1) is 17.8 Å². The highest BCUT2D eigenvalue weighted by atomic mass is 32.1. The Hall–Kier alpha value is -3.68. The van der Waals surface area contributed by atoms with E-state index in [2.05, 4.69) is 0 Å². The zero-order chi connectivity index (χ0) is 31.5. The second kappa shape index (κ2) is 10.8. The van der Waals surface area contributed by atoms with Crippen LogP contribution >= 0.6 is 22.7 Å². The Labute approximate surface area is 253 Å². The molecule has 0 fully saturated rings. The van der Waals surface area contributed by atoms with Crippen molar-refractivity contribution in [2.45, 2.75) is 52.4 Å². The standard InChI is InChI=1S/C33H26F6O2S2/c1-7-40-23-13-9-21(10-14-23)27-17(3)19(5)29(42-27)25-26(32(36,37)33(38,39)31(25,34)35)30-20(6)18(4)28(43-30)22-11-15-24(16-12-22)41-8-2/h1,9-16H,8H2,2-6H3. The molecule has 2 nitrogen and oxygen atoms in total. The monoisotopic (exact) mass is 632 g/mol. The Morgan fingerprint density at radius 1 is 0.628 bits per heavy atom. The third-order valence-corrected chi connectivity index (χ3v) is 10.7. The zero-order valence-electron chi connectivity index (χ0n) is 23.8. The summed E-state index contributed by atoms with van der Waals surface area (Å²) in [5.74, 6) is -15.0. The summed E-state index contributed by atoms with van der Waals surface area (Å²) in [7, 11) is 0. The summed E-state index contributed by atoms with van der Waals surface area (Å²) in [6.07, 6.45) is 7.20. The second-order valence-electron chi connectivity index (χ2n) is 10.2. The van der Waals surface area contributed by atoms with Gasteiger partial charge in [-0.3, -0.25) is 0 Å². The molecule has 5 rings (SSSR count). The molecule has 0 spiro atoms. The number of halogens is 6. The Kier molecular flexibility index (Phi) is 7.72. The number of terminal acetylenes is 1. The van der Waals surface area contributed by atoms with Crippen LogP contribution in [0.25, 0.3) is 32.0 Å². The van der Waals surface area contributed by atoms with Gasteiger partial charge in [-0.1, -0.05) is 6.42 Å². The summed E-state index contributed by atoms with van der Waals surface area (Å²) in [6.45, 7) is 8.56. The molecule has 0 amide bonds. The molecule has 0 unspecified atom stereocenters. The average Bonchev–Trinajstić information content (AvgIpc) is 3.45. The minimum Gasteiger partial charge on any atom is -0.494 e. The summed E-state index contributed by atoms with van der Waals surface area (Å²) in [4.78, 5) is 0.406. The second-order valence-corrected chi connectivity index (χ2v) is 12.2. The smallest absolute Gasteiger partial charge is 0.380 e. The first kappa shape index (κ1) is 30.8. The maximum Gasteiger partial charge on any atom is 0.380 e. The van der Waals surface area contributed by atoms with Gasteiger partial charge >= 0.3 is 17.8 Å². The van der Waals surface area contributed by atoms with Crippen molar-refractivity contribution in [3.63, 3.8) is 0 Å². The summed E-state index contributed by atoms with van der Waals surface area (Å²) in [5.41, 5.74) is 0.0507. The van der Waals surface area contributed by atoms with Crippen molar-refractivity contribution in [2.24, 2.45) is 0 Å². The van der Waals surface area contributed by atoms with Gasteiger partial charge in [0, 0.05) is 19.5 Å². The van der Waals surface area contributed by atoms with Crippen LogP contribution in [0.3, 0.4) is 0 Å². The van der Waals surface area contributed by atoms with Gasteiger partial charge in [-0.2, -0.15) is 26.3 Å². The van der Waals surface area contributed by atoms with Gasteiger partial charge in [-0.15, -0.1) is 22.7 Å². The Bertz CT molecular complexity index is 1770. The highest BCUT2D eigenvalue weighted by molar-refractivity contribution is 7.18. The summed E-state index contributed by atoms with van der Waals surface area (Å²) >= 11 is 1.59. The maximum absolute atomic E-state index is 15.7. The highest BCUT2D eigenvalue weighted by Gasteiger charge is 2.80. The van der Waals surface area contributed by atoms with E-state index in [1.807, 2.05) is 13.0 Å². The number of hydrogen-bond acceptors (Lipinski definition) is 4. The Morgan fingerprint density at radius 3 is 1.37 bits per heavy atom. The molecule has 0 radical (unpaired) electrons. The minimum atomic E-state index is -5.65. The molecule has 0 N–H and O–H groups in total. The molecular weight excluding hydrogens is 606 g/mol. The molecule has 2 heterocycles. The highest BCUT2D eigenvalue weighted by Crippen LogP contribution is 2.67. The quantitative estimate of drug-likeness (QED) is 0.149. The van der Waals surface area contributed by atoms with Gasteiger partial charge in [-0.25, -0.2) is 0 Å². The van der Waals surface area contributed by atoms with E-state index in [1.165, 1.54) is 13.8 Å². The SMILES string of the molecule is C#COc1ccc(-c2sc(C3=C(c4sc(-c5ccc(OCC)cc5)c(C)c4C)C(F)(F)C(F)(F)C3(F)F)c(C)c2C)cc1. The van der Waals surface area contributed by atoms with Crippen LogP contribution in [0.5, 0.6) is 11.5 Å². The summed E-state index contributed by atoms with van der Waals surface area (Å²) in [5, 5.41) is 0. The molecule has 1 aliphatic carbocycles. The molecule has 0 saturated heterocycles. The topological polar surface area (TPSA) is 18.5 Å². The van der Waals surface area contributed by atoms with Crippen LogP contribution in [-0.2, 0) is 0 Å². The number of alkyl halides is 6. The van der Waals surface area contributed by atoms with E-state index in [-0.39, 0.29) is 20.9 Å². The largest absolute Gasteiger partial charge is 0.494 e. The van der Waals surface area contributed by atoms with Gasteiger partial charge in [-0.05, 0) is 117 Å². The van der Waals surface area contributed by atoms with E-state index in [4.69, 9.17) is 15.9 Å². The van der Waals surface area contributed by atoms with Crippen molar-refractivity contribution in [2.75, 3.05) is 6.61 Å². The van der Waals surface area contributed by atoms with E-state index < -0.39 is 28.9 Å². The fourth-order valence-electron chi connectivity index (χ4n) is 5.17. The molecular formula is C33H26F6O2S2. The minimum absolute atomic E-state index is 0.224. The van der Waals surface area contributed by atoms with Gasteiger partial charge in [0.15, 0.2) is 0 Å². The van der Waals surface area contributed by atoms with Crippen molar-refractivity contribution >= 4 is 33.8 Å². The van der Waals surface area contributed by atoms with Gasteiger partial charge < -0.3 is 9.47 Å². The molecule has 224 valence electrons. The molecule has 2 aromatic carbocycles. The first-order chi connectivity index (χ1) is 20.2. The fraction of sp³-hybridized carbons (Fsp3) is 0.273. The van der Waals surface area contributed by atoms with Crippen LogP contribution in [0.15, 0.2) is 48.5 Å². The van der Waals surface area contributed by atoms with Gasteiger partial charge in [0.2, 0.25) is 0 Å². The van der Waals surface area contributed by atoms with Gasteiger partial charge in [0.25, 0.3) is 0 Å². The van der Waals surface area contributed by atoms with Crippen molar-refractivity contribution in [3.05, 3.63) is 80.5 Å². The first-order valence-electron chi connectivity index (χ1n) is 13.2. The molecule has 0 bridgehead atoms. The van der Waals surface area contributed by atoms with E-state index in [0.29, 0.717) is 50.1 Å². The van der Waals surface area contributed by atoms with Crippen molar-refractivity contribution in [3.8, 4) is 44.9 Å². The summed E-state index contributed by atoms with van der Waals surface area (Å²) < 4.78 is 104. The Morgan fingerprint density at radius 2 is 1.00 bits per heavy atom. The average molecular weight is 633 g/mol. The van der Waals surface area contributed by atoms with E-state index in [1.54, 1.807) is 62.4 Å². The lowest BCUT2D eigenvalue weighted by Crippen LogP contribution is -2.48. The van der Waals surface area contributed by atoms with Crippen LogP contribution < -0.4 is 9.47 Å². The zero-order valence-corrected chi connectivity index (χ0v) is 25.4. The molecule has 10 heteroatoms. The van der Waals surface area contributed by atoms with Crippen LogP contribution in [0.4, 0.5) is 26.3 Å². The normalized spacial score (nSPS) is 16.8.